The van der Waals surface area contributed by atoms with Crippen LogP contribution < -0.4 is 4.90 Å². The van der Waals surface area contributed by atoms with E-state index in [4.69, 9.17) is 4.74 Å². The van der Waals surface area contributed by atoms with Crippen LogP contribution in [-0.4, -0.2) is 64.7 Å². The summed E-state index contributed by atoms with van der Waals surface area (Å²) < 4.78 is 7.60. The van der Waals surface area contributed by atoms with Crippen LogP contribution in [0.25, 0.3) is 0 Å². The molecule has 1 aliphatic rings. The van der Waals surface area contributed by atoms with E-state index in [1.807, 2.05) is 25.2 Å². The first-order chi connectivity index (χ1) is 15.1. The van der Waals surface area contributed by atoms with E-state index in [9.17, 15) is 4.79 Å². The number of ether oxygens (including phenoxy) is 1. The van der Waals surface area contributed by atoms with Crippen LogP contribution >= 0.6 is 23.1 Å². The summed E-state index contributed by atoms with van der Waals surface area (Å²) >= 11 is 3.14. The standard InChI is InChI=1S/C22H27N5O2S2/c1-17-8-13-30-19(17)15-25(2)20(28)16-31-22-24-23-21(26-9-11-29-12-10-26)27(22)14-18-6-4-3-5-7-18/h3-8,13H,9-12,14-16H2,1-2H3. The summed E-state index contributed by atoms with van der Waals surface area (Å²) in [5, 5.41) is 11.7. The molecule has 4 rings (SSSR count). The predicted molar refractivity (Wildman–Crippen MR) is 125 cm³/mol. The third kappa shape index (κ3) is 5.47. The van der Waals surface area contributed by atoms with Gasteiger partial charge in [-0.25, -0.2) is 0 Å². The van der Waals surface area contributed by atoms with Crippen molar-refractivity contribution in [3.8, 4) is 0 Å². The lowest BCUT2D eigenvalue weighted by atomic mass is 10.2. The summed E-state index contributed by atoms with van der Waals surface area (Å²) in [5.41, 5.74) is 2.41. The molecule has 1 saturated heterocycles. The van der Waals surface area contributed by atoms with Crippen LogP contribution in [0.5, 0.6) is 0 Å². The summed E-state index contributed by atoms with van der Waals surface area (Å²) in [6.07, 6.45) is 0. The number of rotatable bonds is 8. The molecule has 1 fully saturated rings. The van der Waals surface area contributed by atoms with E-state index in [2.05, 4.69) is 50.2 Å². The number of benzene rings is 1. The molecule has 1 aliphatic heterocycles. The Morgan fingerprint density at radius 2 is 1.97 bits per heavy atom. The lowest BCUT2D eigenvalue weighted by molar-refractivity contribution is -0.127. The Bertz CT molecular complexity index is 999. The minimum atomic E-state index is 0.0833. The highest BCUT2D eigenvalue weighted by Crippen LogP contribution is 2.25. The number of hydrogen-bond donors (Lipinski definition) is 0. The molecule has 3 aromatic rings. The average molecular weight is 458 g/mol. The number of thioether (sulfide) groups is 1. The molecule has 3 heterocycles. The fraction of sp³-hybridized carbons (Fsp3) is 0.409. The van der Waals surface area contributed by atoms with Crippen LogP contribution in [0.1, 0.15) is 16.0 Å². The largest absolute Gasteiger partial charge is 0.378 e. The van der Waals surface area contributed by atoms with Crippen molar-refractivity contribution in [3.05, 3.63) is 57.8 Å². The maximum Gasteiger partial charge on any atom is 0.233 e. The van der Waals surface area contributed by atoms with E-state index in [0.29, 0.717) is 32.1 Å². The van der Waals surface area contributed by atoms with Gasteiger partial charge in [0.15, 0.2) is 5.16 Å². The van der Waals surface area contributed by atoms with Gasteiger partial charge in [-0.2, -0.15) is 0 Å². The molecule has 0 bridgehead atoms. The number of carbonyl (C=O) groups excluding carboxylic acids is 1. The number of morpholine rings is 1. The van der Waals surface area contributed by atoms with Gasteiger partial charge in [0.2, 0.25) is 11.9 Å². The van der Waals surface area contributed by atoms with Gasteiger partial charge in [-0.15, -0.1) is 21.5 Å². The number of hydrogen-bond acceptors (Lipinski definition) is 7. The fourth-order valence-corrected chi connectivity index (χ4v) is 5.23. The van der Waals surface area contributed by atoms with Gasteiger partial charge in [0.1, 0.15) is 0 Å². The SMILES string of the molecule is Cc1ccsc1CN(C)C(=O)CSc1nnc(N2CCOCC2)n1Cc1ccccc1. The Balaban J connectivity index is 1.47. The first-order valence-corrected chi connectivity index (χ1v) is 12.2. The summed E-state index contributed by atoms with van der Waals surface area (Å²) in [6.45, 7) is 6.34. The normalized spacial score (nSPS) is 14.1. The van der Waals surface area contributed by atoms with E-state index in [1.54, 1.807) is 16.2 Å². The van der Waals surface area contributed by atoms with Gasteiger partial charge in [0, 0.05) is 25.0 Å². The second-order valence-corrected chi connectivity index (χ2v) is 9.46. The highest BCUT2D eigenvalue weighted by Gasteiger charge is 2.22. The van der Waals surface area contributed by atoms with Crippen molar-refractivity contribution in [3.63, 3.8) is 0 Å². The topological polar surface area (TPSA) is 63.5 Å². The molecule has 1 amide bonds. The minimum absolute atomic E-state index is 0.0833. The zero-order valence-corrected chi connectivity index (χ0v) is 19.5. The minimum Gasteiger partial charge on any atom is -0.378 e. The van der Waals surface area contributed by atoms with Gasteiger partial charge in [0.05, 0.1) is 32.1 Å². The predicted octanol–water partition coefficient (Wildman–Crippen LogP) is 3.28. The van der Waals surface area contributed by atoms with Crippen molar-refractivity contribution in [1.82, 2.24) is 19.7 Å². The van der Waals surface area contributed by atoms with Gasteiger partial charge in [-0.3, -0.25) is 9.36 Å². The Kier molecular flexibility index (Phi) is 7.26. The number of aromatic nitrogens is 3. The third-order valence-electron chi connectivity index (χ3n) is 5.27. The molecule has 0 unspecified atom stereocenters. The molecule has 164 valence electrons. The van der Waals surface area contributed by atoms with E-state index < -0.39 is 0 Å². The van der Waals surface area contributed by atoms with E-state index in [0.717, 1.165) is 24.2 Å². The Hall–Kier alpha value is -2.36. The monoisotopic (exact) mass is 457 g/mol. The molecule has 9 heteroatoms. The molecule has 2 aromatic heterocycles. The van der Waals surface area contributed by atoms with E-state index in [1.165, 1.54) is 27.8 Å². The van der Waals surface area contributed by atoms with E-state index >= 15 is 0 Å². The molecule has 1 aromatic carbocycles. The van der Waals surface area contributed by atoms with Crippen molar-refractivity contribution < 1.29 is 9.53 Å². The van der Waals surface area contributed by atoms with Crippen LogP contribution in [0.15, 0.2) is 46.9 Å². The molecule has 7 nitrogen and oxygen atoms in total. The van der Waals surface area contributed by atoms with Gasteiger partial charge in [0.25, 0.3) is 0 Å². The number of nitrogens with zero attached hydrogens (tertiary/aromatic N) is 5. The second kappa shape index (κ2) is 10.3. The van der Waals surface area contributed by atoms with Crippen molar-refractivity contribution in [2.45, 2.75) is 25.2 Å². The molecule has 0 radical (unpaired) electrons. The number of carbonyl (C=O) groups is 1. The van der Waals surface area contributed by atoms with Crippen LogP contribution in [0.2, 0.25) is 0 Å². The smallest absolute Gasteiger partial charge is 0.233 e. The van der Waals surface area contributed by atoms with Crippen molar-refractivity contribution in [2.24, 2.45) is 0 Å². The van der Waals surface area contributed by atoms with Crippen molar-refractivity contribution >= 4 is 35.0 Å². The van der Waals surface area contributed by atoms with Crippen LogP contribution in [0.4, 0.5) is 5.95 Å². The molecule has 31 heavy (non-hydrogen) atoms. The lowest BCUT2D eigenvalue weighted by Gasteiger charge is -2.28. The third-order valence-corrected chi connectivity index (χ3v) is 7.23. The lowest BCUT2D eigenvalue weighted by Crippen LogP contribution is -2.38. The maximum absolute atomic E-state index is 12.8. The number of anilines is 1. The highest BCUT2D eigenvalue weighted by molar-refractivity contribution is 7.99. The average Bonchev–Trinajstić information content (AvgIpc) is 3.39. The fourth-order valence-electron chi connectivity index (χ4n) is 3.40. The van der Waals surface area contributed by atoms with Gasteiger partial charge in [-0.05, 0) is 29.5 Å². The number of aryl methyl sites for hydroxylation is 1. The summed E-state index contributed by atoms with van der Waals surface area (Å²) in [5.74, 6) is 1.25. The van der Waals surface area contributed by atoms with Crippen LogP contribution in [0, 0.1) is 6.92 Å². The summed E-state index contributed by atoms with van der Waals surface area (Å²) in [4.78, 5) is 18.0. The molecular formula is C22H27N5O2S2. The Labute approximate surface area is 191 Å². The summed E-state index contributed by atoms with van der Waals surface area (Å²) in [6, 6.07) is 12.4. The molecular weight excluding hydrogens is 430 g/mol. The molecule has 0 atom stereocenters. The highest BCUT2D eigenvalue weighted by atomic mass is 32.2. The molecule has 0 saturated carbocycles. The van der Waals surface area contributed by atoms with E-state index in [-0.39, 0.29) is 5.91 Å². The Morgan fingerprint density at radius 1 is 1.19 bits per heavy atom. The Morgan fingerprint density at radius 3 is 2.68 bits per heavy atom. The first kappa shape index (κ1) is 21.9. The number of thiophene rings is 1. The zero-order chi connectivity index (χ0) is 21.6. The number of amides is 1. The summed E-state index contributed by atoms with van der Waals surface area (Å²) in [7, 11) is 1.86. The second-order valence-electron chi connectivity index (χ2n) is 7.52. The zero-order valence-electron chi connectivity index (χ0n) is 17.9. The van der Waals surface area contributed by atoms with Gasteiger partial charge >= 0.3 is 0 Å². The van der Waals surface area contributed by atoms with Crippen LogP contribution in [0.3, 0.4) is 0 Å². The first-order valence-electron chi connectivity index (χ1n) is 10.3. The van der Waals surface area contributed by atoms with Gasteiger partial charge < -0.3 is 14.5 Å². The van der Waals surface area contributed by atoms with Crippen LogP contribution in [-0.2, 0) is 22.6 Å². The molecule has 0 aliphatic carbocycles. The molecule has 0 spiro atoms. The maximum atomic E-state index is 12.8. The van der Waals surface area contributed by atoms with Crippen molar-refractivity contribution in [1.29, 1.82) is 0 Å². The quantitative estimate of drug-likeness (QED) is 0.484. The van der Waals surface area contributed by atoms with Crippen molar-refractivity contribution in [2.75, 3.05) is 44.0 Å². The van der Waals surface area contributed by atoms with Gasteiger partial charge in [-0.1, -0.05) is 42.1 Å². The molecule has 0 N–H and O–H groups in total.